The number of imidazole rings is 1. The van der Waals surface area contributed by atoms with Crippen molar-refractivity contribution in [2.24, 2.45) is 0 Å². The van der Waals surface area contributed by atoms with Gasteiger partial charge in [0.2, 0.25) is 16.0 Å². The fourth-order valence-electron chi connectivity index (χ4n) is 4.10. The predicted molar refractivity (Wildman–Crippen MR) is 112 cm³/mol. The number of piperazine rings is 1. The highest BCUT2D eigenvalue weighted by atomic mass is 32.2. The van der Waals surface area contributed by atoms with Gasteiger partial charge in [0, 0.05) is 26.2 Å². The van der Waals surface area contributed by atoms with Crippen molar-refractivity contribution < 1.29 is 8.42 Å². The number of sulfonamides is 1. The molecule has 1 saturated heterocycles. The van der Waals surface area contributed by atoms with Gasteiger partial charge in [0.05, 0.1) is 15.9 Å². The Balaban J connectivity index is 1.55. The molecule has 0 spiro atoms. The summed E-state index contributed by atoms with van der Waals surface area (Å²) in [6, 6.07) is 10.0. The molecule has 1 aliphatic rings. The lowest BCUT2D eigenvalue weighted by Crippen LogP contribution is -2.49. The Labute approximate surface area is 166 Å². The van der Waals surface area contributed by atoms with E-state index in [1.165, 1.54) is 5.56 Å². The minimum absolute atomic E-state index is 0.450. The molecule has 0 atom stereocenters. The topological polar surface area (TPSA) is 69.3 Å². The largest absolute Gasteiger partial charge is 0.340 e. The molecule has 3 aromatic rings. The summed E-state index contributed by atoms with van der Waals surface area (Å²) in [5.41, 5.74) is 5.83. The maximum atomic E-state index is 13.2. The van der Waals surface area contributed by atoms with E-state index in [4.69, 9.17) is 0 Å². The van der Waals surface area contributed by atoms with Crippen molar-refractivity contribution in [1.29, 1.82) is 0 Å². The van der Waals surface area contributed by atoms with Crippen LogP contribution < -0.4 is 4.90 Å². The first-order chi connectivity index (χ1) is 13.3. The molecule has 1 N–H and O–H groups in total. The minimum Gasteiger partial charge on any atom is -0.340 e. The van der Waals surface area contributed by atoms with Crippen LogP contribution in [0, 0.1) is 27.7 Å². The minimum atomic E-state index is -3.50. The molecule has 2 heterocycles. The number of aryl methyl sites for hydroxylation is 4. The van der Waals surface area contributed by atoms with E-state index in [9.17, 15) is 8.42 Å². The van der Waals surface area contributed by atoms with Crippen molar-refractivity contribution in [3.05, 3.63) is 52.6 Å². The molecule has 0 amide bonds. The van der Waals surface area contributed by atoms with Gasteiger partial charge in [-0.1, -0.05) is 23.8 Å². The van der Waals surface area contributed by atoms with Gasteiger partial charge in [0.15, 0.2) is 0 Å². The Morgan fingerprint density at radius 1 is 0.893 bits per heavy atom. The number of anilines is 1. The molecule has 28 heavy (non-hydrogen) atoms. The van der Waals surface area contributed by atoms with Crippen molar-refractivity contribution in [2.75, 3.05) is 31.1 Å². The summed E-state index contributed by atoms with van der Waals surface area (Å²) in [5.74, 6) is 0.806. The molecule has 7 heteroatoms. The van der Waals surface area contributed by atoms with Crippen LogP contribution in [0.5, 0.6) is 0 Å². The van der Waals surface area contributed by atoms with E-state index in [1.54, 1.807) is 4.31 Å². The van der Waals surface area contributed by atoms with Gasteiger partial charge in [-0.3, -0.25) is 0 Å². The second-order valence-electron chi connectivity index (χ2n) is 7.70. The van der Waals surface area contributed by atoms with E-state index in [0.29, 0.717) is 31.1 Å². The normalized spacial score (nSPS) is 16.1. The number of aromatic amines is 1. The molecule has 6 nitrogen and oxygen atoms in total. The van der Waals surface area contributed by atoms with Crippen molar-refractivity contribution in [2.45, 2.75) is 32.6 Å². The van der Waals surface area contributed by atoms with Crippen LogP contribution in [0.15, 0.2) is 35.2 Å². The SMILES string of the molecule is Cc1cc(C)c(S(=O)(=O)N2CCN(c3nc4ccc(C)cc4[nH]3)CC2)c(C)c1. The van der Waals surface area contributed by atoms with E-state index in [1.807, 2.05) is 45.0 Å². The van der Waals surface area contributed by atoms with E-state index >= 15 is 0 Å². The van der Waals surface area contributed by atoms with Gasteiger partial charge in [0.25, 0.3) is 0 Å². The van der Waals surface area contributed by atoms with Crippen molar-refractivity contribution in [3.8, 4) is 0 Å². The number of hydrogen-bond acceptors (Lipinski definition) is 4. The molecule has 2 aromatic carbocycles. The smallest absolute Gasteiger partial charge is 0.243 e. The average Bonchev–Trinajstić information content (AvgIpc) is 3.03. The molecular formula is C21H26N4O2S. The Morgan fingerprint density at radius 3 is 2.18 bits per heavy atom. The Morgan fingerprint density at radius 2 is 1.54 bits per heavy atom. The first-order valence-electron chi connectivity index (χ1n) is 9.55. The summed E-state index contributed by atoms with van der Waals surface area (Å²) >= 11 is 0. The highest BCUT2D eigenvalue weighted by Gasteiger charge is 2.31. The Bertz CT molecular complexity index is 1120. The van der Waals surface area contributed by atoms with Crippen LogP contribution in [0.4, 0.5) is 5.95 Å². The van der Waals surface area contributed by atoms with Gasteiger partial charge in [-0.2, -0.15) is 4.31 Å². The van der Waals surface area contributed by atoms with Crippen LogP contribution in [0.3, 0.4) is 0 Å². The summed E-state index contributed by atoms with van der Waals surface area (Å²) in [7, 11) is -3.50. The lowest BCUT2D eigenvalue weighted by molar-refractivity contribution is 0.382. The van der Waals surface area contributed by atoms with Crippen LogP contribution in [-0.2, 0) is 10.0 Å². The number of rotatable bonds is 3. The van der Waals surface area contributed by atoms with Gasteiger partial charge >= 0.3 is 0 Å². The number of nitrogens with zero attached hydrogens (tertiary/aromatic N) is 3. The van der Waals surface area contributed by atoms with Crippen LogP contribution in [0.2, 0.25) is 0 Å². The van der Waals surface area contributed by atoms with Crippen molar-refractivity contribution >= 4 is 27.0 Å². The van der Waals surface area contributed by atoms with Crippen LogP contribution in [0.25, 0.3) is 11.0 Å². The number of fused-ring (bicyclic) bond motifs is 1. The van der Waals surface area contributed by atoms with Crippen molar-refractivity contribution in [3.63, 3.8) is 0 Å². The Hall–Kier alpha value is -2.38. The zero-order chi connectivity index (χ0) is 20.1. The van der Waals surface area contributed by atoms with Crippen molar-refractivity contribution in [1.82, 2.24) is 14.3 Å². The van der Waals surface area contributed by atoms with Gasteiger partial charge < -0.3 is 9.88 Å². The molecule has 148 valence electrons. The second-order valence-corrected chi connectivity index (χ2v) is 9.57. The molecule has 4 rings (SSSR count). The molecule has 0 saturated carbocycles. The molecular weight excluding hydrogens is 372 g/mol. The van der Waals surface area contributed by atoms with Crippen LogP contribution in [-0.4, -0.2) is 48.9 Å². The van der Waals surface area contributed by atoms with Crippen LogP contribution >= 0.6 is 0 Å². The predicted octanol–water partition coefficient (Wildman–Crippen LogP) is 3.31. The zero-order valence-corrected chi connectivity index (χ0v) is 17.6. The average molecular weight is 399 g/mol. The molecule has 1 aromatic heterocycles. The number of aromatic nitrogens is 2. The highest BCUT2D eigenvalue weighted by Crippen LogP contribution is 2.27. The van der Waals surface area contributed by atoms with Crippen LogP contribution in [0.1, 0.15) is 22.3 Å². The lowest BCUT2D eigenvalue weighted by atomic mass is 10.1. The first kappa shape index (κ1) is 19.0. The molecule has 0 radical (unpaired) electrons. The molecule has 1 aliphatic heterocycles. The standard InChI is InChI=1S/C21H26N4O2S/c1-14-5-6-18-19(13-14)23-21(22-18)24-7-9-25(10-8-24)28(26,27)20-16(3)11-15(2)12-17(20)4/h5-6,11-13H,7-10H2,1-4H3,(H,22,23). The van der Waals surface area contributed by atoms with Gasteiger partial charge in [-0.05, 0) is 56.5 Å². The molecule has 0 bridgehead atoms. The van der Waals surface area contributed by atoms with Gasteiger partial charge in [0.1, 0.15) is 0 Å². The number of nitrogens with one attached hydrogen (secondary N) is 1. The fraction of sp³-hybridized carbons (Fsp3) is 0.381. The maximum absolute atomic E-state index is 13.2. The van der Waals surface area contributed by atoms with E-state index in [2.05, 4.69) is 27.9 Å². The number of benzene rings is 2. The molecule has 0 unspecified atom stereocenters. The third-order valence-electron chi connectivity index (χ3n) is 5.37. The van der Waals surface area contributed by atoms with E-state index in [0.717, 1.165) is 33.7 Å². The van der Waals surface area contributed by atoms with Gasteiger partial charge in [-0.15, -0.1) is 0 Å². The number of hydrogen-bond donors (Lipinski definition) is 1. The zero-order valence-electron chi connectivity index (χ0n) is 16.8. The lowest BCUT2D eigenvalue weighted by Gasteiger charge is -2.34. The third kappa shape index (κ3) is 3.29. The Kier molecular flexibility index (Phi) is 4.67. The van der Waals surface area contributed by atoms with Gasteiger partial charge in [-0.25, -0.2) is 13.4 Å². The summed E-state index contributed by atoms with van der Waals surface area (Å²) < 4.78 is 28.1. The molecule has 0 aliphatic carbocycles. The highest BCUT2D eigenvalue weighted by molar-refractivity contribution is 7.89. The maximum Gasteiger partial charge on any atom is 0.243 e. The fourth-order valence-corrected chi connectivity index (χ4v) is 5.94. The second kappa shape index (κ2) is 6.90. The summed E-state index contributed by atoms with van der Waals surface area (Å²) in [6.45, 7) is 9.92. The monoisotopic (exact) mass is 398 g/mol. The number of H-pyrrole nitrogens is 1. The first-order valence-corrected chi connectivity index (χ1v) is 11.0. The molecule has 1 fully saturated rings. The summed E-state index contributed by atoms with van der Waals surface area (Å²) in [4.78, 5) is 10.6. The summed E-state index contributed by atoms with van der Waals surface area (Å²) in [5, 5.41) is 0. The van der Waals surface area contributed by atoms with E-state index in [-0.39, 0.29) is 0 Å². The summed E-state index contributed by atoms with van der Waals surface area (Å²) in [6.07, 6.45) is 0. The quantitative estimate of drug-likeness (QED) is 0.735. The third-order valence-corrected chi connectivity index (χ3v) is 7.57. The van der Waals surface area contributed by atoms with E-state index < -0.39 is 10.0 Å².